The van der Waals surface area contributed by atoms with Crippen LogP contribution in [0.3, 0.4) is 0 Å². The van der Waals surface area contributed by atoms with Crippen molar-refractivity contribution in [2.75, 3.05) is 30.8 Å². The summed E-state index contributed by atoms with van der Waals surface area (Å²) >= 11 is 1.34. The Labute approximate surface area is 180 Å². The van der Waals surface area contributed by atoms with E-state index in [-0.39, 0.29) is 23.3 Å². The maximum absolute atomic E-state index is 12.9. The van der Waals surface area contributed by atoms with Crippen LogP contribution in [-0.2, 0) is 4.79 Å². The first-order chi connectivity index (χ1) is 14.6. The molecule has 7 heteroatoms. The van der Waals surface area contributed by atoms with Gasteiger partial charge in [0.05, 0.1) is 16.7 Å². The summed E-state index contributed by atoms with van der Waals surface area (Å²) < 4.78 is 1.77. The van der Waals surface area contributed by atoms with Crippen molar-refractivity contribution in [1.29, 1.82) is 0 Å². The van der Waals surface area contributed by atoms with Crippen molar-refractivity contribution >= 4 is 34.3 Å². The molecular weight excluding hydrogens is 396 g/mol. The molecule has 1 heterocycles. The molecule has 0 aliphatic heterocycles. The molecule has 1 saturated carbocycles. The summed E-state index contributed by atoms with van der Waals surface area (Å²) in [6, 6.07) is 17.8. The standard InChI is InChI=1S/C23H26N4O2S/c1-26(17-8-3-2-4-9-17)15-7-14-24-21(28)16-30-23-25-20-11-6-5-10-19(20)22(29)27(23)18-12-13-18/h2-6,8-11,18H,7,12-16H2,1H3,(H,24,28). The quantitative estimate of drug-likeness (QED) is 0.325. The molecule has 2 aromatic carbocycles. The van der Waals surface area contributed by atoms with E-state index in [4.69, 9.17) is 0 Å². The van der Waals surface area contributed by atoms with E-state index in [1.165, 1.54) is 17.4 Å². The molecule has 3 aromatic rings. The topological polar surface area (TPSA) is 67.2 Å². The Balaban J connectivity index is 1.30. The van der Waals surface area contributed by atoms with Crippen LogP contribution in [0.15, 0.2) is 64.5 Å². The normalized spacial score (nSPS) is 13.4. The summed E-state index contributed by atoms with van der Waals surface area (Å²) in [6.07, 6.45) is 2.85. The molecule has 0 unspecified atom stereocenters. The van der Waals surface area contributed by atoms with Gasteiger partial charge in [0, 0.05) is 31.9 Å². The highest BCUT2D eigenvalue weighted by Gasteiger charge is 2.28. The van der Waals surface area contributed by atoms with E-state index in [1.807, 2.05) is 42.5 Å². The Kier molecular flexibility index (Phi) is 6.38. The Morgan fingerprint density at radius 1 is 1.17 bits per heavy atom. The number of anilines is 1. The molecule has 1 aliphatic carbocycles. The number of rotatable bonds is 9. The second-order valence-electron chi connectivity index (χ2n) is 7.57. The molecule has 0 atom stereocenters. The van der Waals surface area contributed by atoms with E-state index in [1.54, 1.807) is 4.57 Å². The Bertz CT molecular complexity index is 1080. The number of nitrogens with zero attached hydrogens (tertiary/aromatic N) is 3. The number of amides is 1. The molecule has 1 amide bonds. The number of fused-ring (bicyclic) bond motifs is 1. The van der Waals surface area contributed by atoms with Gasteiger partial charge in [-0.15, -0.1) is 0 Å². The van der Waals surface area contributed by atoms with Crippen molar-refractivity contribution in [3.8, 4) is 0 Å². The van der Waals surface area contributed by atoms with Gasteiger partial charge in [-0.3, -0.25) is 14.2 Å². The summed E-state index contributed by atoms with van der Waals surface area (Å²) in [4.78, 5) is 32.0. The van der Waals surface area contributed by atoms with Gasteiger partial charge in [-0.25, -0.2) is 4.98 Å². The average Bonchev–Trinajstić information content (AvgIpc) is 3.61. The fourth-order valence-corrected chi connectivity index (χ4v) is 4.32. The number of benzene rings is 2. The Morgan fingerprint density at radius 2 is 1.90 bits per heavy atom. The first-order valence-corrected chi connectivity index (χ1v) is 11.3. The second-order valence-corrected chi connectivity index (χ2v) is 8.51. The molecule has 1 aromatic heterocycles. The summed E-state index contributed by atoms with van der Waals surface area (Å²) in [7, 11) is 2.05. The van der Waals surface area contributed by atoms with Crippen LogP contribution < -0.4 is 15.8 Å². The molecule has 0 saturated heterocycles. The van der Waals surface area contributed by atoms with Crippen LogP contribution in [0.2, 0.25) is 0 Å². The number of para-hydroxylation sites is 2. The largest absolute Gasteiger partial charge is 0.375 e. The third-order valence-corrected chi connectivity index (χ3v) is 6.16. The molecule has 0 spiro atoms. The van der Waals surface area contributed by atoms with Crippen molar-refractivity contribution in [3.63, 3.8) is 0 Å². The van der Waals surface area contributed by atoms with E-state index < -0.39 is 0 Å². The smallest absolute Gasteiger partial charge is 0.262 e. The van der Waals surface area contributed by atoms with Gasteiger partial charge in [-0.2, -0.15) is 0 Å². The number of carbonyl (C=O) groups is 1. The van der Waals surface area contributed by atoms with E-state index >= 15 is 0 Å². The summed E-state index contributed by atoms with van der Waals surface area (Å²) in [5, 5.41) is 4.25. The van der Waals surface area contributed by atoms with Gasteiger partial charge in [0.25, 0.3) is 5.56 Å². The van der Waals surface area contributed by atoms with Gasteiger partial charge in [0.15, 0.2) is 5.16 Å². The maximum atomic E-state index is 12.9. The predicted molar refractivity (Wildman–Crippen MR) is 122 cm³/mol. The van der Waals surface area contributed by atoms with E-state index in [0.29, 0.717) is 22.6 Å². The van der Waals surface area contributed by atoms with E-state index in [2.05, 4.69) is 34.4 Å². The summed E-state index contributed by atoms with van der Waals surface area (Å²) in [5.74, 6) is 0.221. The highest BCUT2D eigenvalue weighted by molar-refractivity contribution is 7.99. The fraction of sp³-hybridized carbons (Fsp3) is 0.348. The molecule has 0 radical (unpaired) electrons. The zero-order chi connectivity index (χ0) is 20.9. The number of nitrogens with one attached hydrogen (secondary N) is 1. The lowest BCUT2D eigenvalue weighted by atomic mass is 10.2. The molecule has 1 aliphatic rings. The minimum absolute atomic E-state index is 0.00467. The van der Waals surface area contributed by atoms with Crippen LogP contribution in [0, 0.1) is 0 Å². The maximum Gasteiger partial charge on any atom is 0.262 e. The van der Waals surface area contributed by atoms with Crippen LogP contribution in [0.5, 0.6) is 0 Å². The van der Waals surface area contributed by atoms with Crippen LogP contribution in [0.25, 0.3) is 10.9 Å². The summed E-state index contributed by atoms with van der Waals surface area (Å²) in [6.45, 7) is 1.49. The third-order valence-electron chi connectivity index (χ3n) is 5.21. The lowest BCUT2D eigenvalue weighted by Crippen LogP contribution is -2.30. The number of hydrogen-bond donors (Lipinski definition) is 1. The monoisotopic (exact) mass is 422 g/mol. The van der Waals surface area contributed by atoms with E-state index in [9.17, 15) is 9.59 Å². The highest BCUT2D eigenvalue weighted by atomic mass is 32.2. The highest BCUT2D eigenvalue weighted by Crippen LogP contribution is 2.36. The van der Waals surface area contributed by atoms with Crippen LogP contribution in [0.1, 0.15) is 25.3 Å². The molecule has 156 valence electrons. The minimum Gasteiger partial charge on any atom is -0.375 e. The molecular formula is C23H26N4O2S. The van der Waals surface area contributed by atoms with Crippen LogP contribution >= 0.6 is 11.8 Å². The SMILES string of the molecule is CN(CCCNC(=O)CSc1nc2ccccc2c(=O)n1C1CC1)c1ccccc1. The average molecular weight is 423 g/mol. The Hall–Kier alpha value is -2.80. The van der Waals surface area contributed by atoms with Gasteiger partial charge in [-0.05, 0) is 43.5 Å². The van der Waals surface area contributed by atoms with Crippen molar-refractivity contribution in [2.24, 2.45) is 0 Å². The zero-order valence-electron chi connectivity index (χ0n) is 17.1. The van der Waals surface area contributed by atoms with Crippen molar-refractivity contribution < 1.29 is 4.79 Å². The predicted octanol–water partition coefficient (Wildman–Crippen LogP) is 3.47. The number of thioether (sulfide) groups is 1. The lowest BCUT2D eigenvalue weighted by molar-refractivity contribution is -0.118. The molecule has 30 heavy (non-hydrogen) atoms. The Morgan fingerprint density at radius 3 is 2.67 bits per heavy atom. The molecule has 1 fully saturated rings. The van der Waals surface area contributed by atoms with Crippen LogP contribution in [-0.4, -0.2) is 41.3 Å². The molecule has 0 bridgehead atoms. The van der Waals surface area contributed by atoms with Crippen molar-refractivity contribution in [2.45, 2.75) is 30.5 Å². The second kappa shape index (κ2) is 9.34. The molecule has 1 N–H and O–H groups in total. The van der Waals surface area contributed by atoms with Crippen LogP contribution in [0.4, 0.5) is 5.69 Å². The van der Waals surface area contributed by atoms with Gasteiger partial charge in [0.2, 0.25) is 5.91 Å². The summed E-state index contributed by atoms with van der Waals surface area (Å²) in [5.41, 5.74) is 1.85. The fourth-order valence-electron chi connectivity index (χ4n) is 3.42. The number of carbonyl (C=O) groups excluding carboxylic acids is 1. The lowest BCUT2D eigenvalue weighted by Gasteiger charge is -2.19. The first kappa shape index (κ1) is 20.5. The number of hydrogen-bond acceptors (Lipinski definition) is 5. The molecule has 6 nitrogen and oxygen atoms in total. The van der Waals surface area contributed by atoms with Gasteiger partial charge in [0.1, 0.15) is 0 Å². The zero-order valence-corrected chi connectivity index (χ0v) is 17.9. The minimum atomic E-state index is -0.0351. The first-order valence-electron chi connectivity index (χ1n) is 10.3. The van der Waals surface area contributed by atoms with Crippen molar-refractivity contribution in [3.05, 3.63) is 65.0 Å². The number of aromatic nitrogens is 2. The van der Waals surface area contributed by atoms with Gasteiger partial charge in [-0.1, -0.05) is 42.1 Å². The van der Waals surface area contributed by atoms with Crippen molar-refractivity contribution in [1.82, 2.24) is 14.9 Å². The molecule has 4 rings (SSSR count). The van der Waals surface area contributed by atoms with E-state index in [0.717, 1.165) is 25.8 Å². The van der Waals surface area contributed by atoms with Gasteiger partial charge >= 0.3 is 0 Å². The third kappa shape index (κ3) is 4.84. The van der Waals surface area contributed by atoms with Gasteiger partial charge < -0.3 is 10.2 Å².